The number of hydrogen-bond acceptors (Lipinski definition) is 7. The summed E-state index contributed by atoms with van der Waals surface area (Å²) in [6, 6.07) is 9.76. The maximum atomic E-state index is 12.7. The number of fused-ring (bicyclic) bond motifs is 1. The van der Waals surface area contributed by atoms with Crippen molar-refractivity contribution in [3.05, 3.63) is 69.2 Å². The fourth-order valence-corrected chi connectivity index (χ4v) is 5.81. The maximum absolute atomic E-state index is 12.7. The number of thioether (sulfide) groups is 1. The fraction of sp³-hybridized carbons (Fsp3) is 0.360. The molecule has 2 heterocycles. The van der Waals surface area contributed by atoms with Gasteiger partial charge >= 0.3 is 0 Å². The van der Waals surface area contributed by atoms with Crippen LogP contribution in [0.25, 0.3) is 0 Å². The lowest BCUT2D eigenvalue weighted by molar-refractivity contribution is 0.0959. The van der Waals surface area contributed by atoms with Crippen LogP contribution in [0.5, 0.6) is 5.75 Å². The summed E-state index contributed by atoms with van der Waals surface area (Å²) in [7, 11) is 1.66. The molecule has 0 aliphatic heterocycles. The molecule has 1 amide bonds. The van der Waals surface area contributed by atoms with Crippen LogP contribution in [0.15, 0.2) is 53.0 Å². The number of hydrogen-bond donors (Lipinski definition) is 1. The van der Waals surface area contributed by atoms with Crippen molar-refractivity contribution in [2.75, 3.05) is 7.11 Å². The number of rotatable bonds is 8. The standard InChI is InChI=1S/C25H28N4O2S2/c1-4-17-6-9-22-19(12-17)14-23(33-22)24(30)29-28-16(2)18-7-8-21(31-3)20(13-18)15-32-25-26-10-5-11-27-25/h5,7-8,10-11,13-14,17H,4,6,9,12,15H2,1-3H3,(H,29,30)/b28-16-/t17-/m0/s1. The van der Waals surface area contributed by atoms with Crippen LogP contribution in [0, 0.1) is 5.92 Å². The van der Waals surface area contributed by atoms with Gasteiger partial charge < -0.3 is 4.74 Å². The minimum Gasteiger partial charge on any atom is -0.496 e. The van der Waals surface area contributed by atoms with Crippen molar-refractivity contribution in [1.29, 1.82) is 0 Å². The average Bonchev–Trinajstić information content (AvgIpc) is 3.29. The smallest absolute Gasteiger partial charge is 0.281 e. The molecule has 0 saturated heterocycles. The number of benzene rings is 1. The molecule has 2 aromatic heterocycles. The molecule has 1 atom stereocenters. The van der Waals surface area contributed by atoms with Gasteiger partial charge in [0.2, 0.25) is 0 Å². The number of aryl methyl sites for hydroxylation is 1. The Bertz CT molecular complexity index is 1140. The first kappa shape index (κ1) is 23.4. The molecule has 172 valence electrons. The molecule has 0 saturated carbocycles. The SMILES string of the molecule is CC[C@H]1CCc2sc(C(=O)N/N=C(/C)c3ccc(OC)c(CSc4ncccn4)c3)cc2C1. The highest BCUT2D eigenvalue weighted by Gasteiger charge is 2.22. The Morgan fingerprint density at radius 1 is 1.30 bits per heavy atom. The van der Waals surface area contributed by atoms with Gasteiger partial charge in [-0.25, -0.2) is 15.4 Å². The summed E-state index contributed by atoms with van der Waals surface area (Å²) in [4.78, 5) is 23.3. The van der Waals surface area contributed by atoms with Crippen LogP contribution in [0.2, 0.25) is 0 Å². The zero-order chi connectivity index (χ0) is 23.2. The van der Waals surface area contributed by atoms with Crippen molar-refractivity contribution < 1.29 is 9.53 Å². The molecule has 0 radical (unpaired) electrons. The van der Waals surface area contributed by atoms with Gasteiger partial charge in [-0.3, -0.25) is 4.79 Å². The van der Waals surface area contributed by atoms with Crippen molar-refractivity contribution in [3.63, 3.8) is 0 Å². The van der Waals surface area contributed by atoms with E-state index in [0.717, 1.165) is 46.2 Å². The predicted octanol–water partition coefficient (Wildman–Crippen LogP) is 5.51. The summed E-state index contributed by atoms with van der Waals surface area (Å²) in [6.45, 7) is 4.14. The molecule has 1 aliphatic rings. The topological polar surface area (TPSA) is 76.5 Å². The molecule has 0 bridgehead atoms. The normalized spacial score (nSPS) is 15.7. The first-order chi connectivity index (χ1) is 16.1. The van der Waals surface area contributed by atoms with E-state index in [-0.39, 0.29) is 5.91 Å². The second-order valence-electron chi connectivity index (χ2n) is 8.06. The van der Waals surface area contributed by atoms with E-state index >= 15 is 0 Å². The number of thiophene rings is 1. The third-order valence-corrected chi connectivity index (χ3v) is 8.07. The lowest BCUT2D eigenvalue weighted by atomic mass is 9.87. The molecule has 1 aliphatic carbocycles. The largest absolute Gasteiger partial charge is 0.496 e. The van der Waals surface area contributed by atoms with Gasteiger partial charge in [0.15, 0.2) is 5.16 Å². The van der Waals surface area contributed by atoms with Gasteiger partial charge in [0.05, 0.1) is 17.7 Å². The van der Waals surface area contributed by atoms with E-state index in [1.54, 1.807) is 48.7 Å². The van der Waals surface area contributed by atoms with Crippen LogP contribution in [-0.4, -0.2) is 28.7 Å². The number of nitrogens with one attached hydrogen (secondary N) is 1. The Morgan fingerprint density at radius 3 is 2.88 bits per heavy atom. The molecule has 8 heteroatoms. The third-order valence-electron chi connectivity index (χ3n) is 5.91. The summed E-state index contributed by atoms with van der Waals surface area (Å²) < 4.78 is 5.52. The van der Waals surface area contributed by atoms with E-state index in [4.69, 9.17) is 4.74 Å². The molecule has 1 N–H and O–H groups in total. The predicted molar refractivity (Wildman–Crippen MR) is 134 cm³/mol. The van der Waals surface area contributed by atoms with Crippen LogP contribution in [0.4, 0.5) is 0 Å². The minimum atomic E-state index is -0.146. The first-order valence-corrected chi connectivity index (χ1v) is 12.9. The van der Waals surface area contributed by atoms with Crippen molar-refractivity contribution in [2.45, 2.75) is 50.4 Å². The van der Waals surface area contributed by atoms with Crippen molar-refractivity contribution in [1.82, 2.24) is 15.4 Å². The second kappa shape index (κ2) is 10.9. The van der Waals surface area contributed by atoms with E-state index in [9.17, 15) is 4.79 Å². The van der Waals surface area contributed by atoms with E-state index in [0.29, 0.717) is 10.9 Å². The summed E-state index contributed by atoms with van der Waals surface area (Å²) in [5.41, 5.74) is 6.76. The number of nitrogens with zero attached hydrogens (tertiary/aromatic N) is 3. The number of methoxy groups -OCH3 is 1. The Labute approximate surface area is 202 Å². The lowest BCUT2D eigenvalue weighted by Gasteiger charge is -2.19. The molecule has 0 unspecified atom stereocenters. The highest BCUT2D eigenvalue weighted by molar-refractivity contribution is 7.98. The Kier molecular flexibility index (Phi) is 7.77. The van der Waals surface area contributed by atoms with Gasteiger partial charge in [0.25, 0.3) is 5.91 Å². The van der Waals surface area contributed by atoms with Gasteiger partial charge in [-0.1, -0.05) is 25.1 Å². The van der Waals surface area contributed by atoms with Gasteiger partial charge in [0.1, 0.15) is 5.75 Å². The summed E-state index contributed by atoms with van der Waals surface area (Å²) in [5.74, 6) is 2.06. The van der Waals surface area contributed by atoms with E-state index in [1.807, 2.05) is 25.1 Å². The molecule has 0 spiro atoms. The molecular weight excluding hydrogens is 452 g/mol. The van der Waals surface area contributed by atoms with E-state index < -0.39 is 0 Å². The molecule has 1 aromatic carbocycles. The number of aromatic nitrogens is 2. The van der Waals surface area contributed by atoms with E-state index in [1.165, 1.54) is 23.3 Å². The Hall–Kier alpha value is -2.71. The zero-order valence-corrected chi connectivity index (χ0v) is 20.8. The summed E-state index contributed by atoms with van der Waals surface area (Å²) in [6.07, 6.45) is 8.04. The molecule has 3 aromatic rings. The average molecular weight is 481 g/mol. The van der Waals surface area contributed by atoms with Crippen LogP contribution in [-0.2, 0) is 18.6 Å². The number of carbonyl (C=O) groups is 1. The Balaban J connectivity index is 1.44. The molecule has 4 rings (SSSR count). The van der Waals surface area contributed by atoms with Gasteiger partial charge in [-0.2, -0.15) is 5.10 Å². The van der Waals surface area contributed by atoms with Gasteiger partial charge in [0, 0.05) is 28.6 Å². The number of amides is 1. The van der Waals surface area contributed by atoms with Gasteiger partial charge in [-0.05, 0) is 73.6 Å². The van der Waals surface area contributed by atoms with Crippen LogP contribution in [0.3, 0.4) is 0 Å². The third kappa shape index (κ3) is 5.81. The quantitative estimate of drug-likeness (QED) is 0.199. The maximum Gasteiger partial charge on any atom is 0.281 e. The van der Waals surface area contributed by atoms with Gasteiger partial charge in [-0.15, -0.1) is 11.3 Å². The highest BCUT2D eigenvalue weighted by Crippen LogP contribution is 2.33. The second-order valence-corrected chi connectivity index (χ2v) is 10.1. The number of carbonyl (C=O) groups excluding carboxylic acids is 1. The molecule has 6 nitrogen and oxygen atoms in total. The monoisotopic (exact) mass is 480 g/mol. The Morgan fingerprint density at radius 2 is 2.12 bits per heavy atom. The fourth-order valence-electron chi connectivity index (χ4n) is 3.93. The molecule has 33 heavy (non-hydrogen) atoms. The zero-order valence-electron chi connectivity index (χ0n) is 19.1. The highest BCUT2D eigenvalue weighted by atomic mass is 32.2. The summed E-state index contributed by atoms with van der Waals surface area (Å²) in [5, 5.41) is 5.09. The van der Waals surface area contributed by atoms with Crippen molar-refractivity contribution in [2.24, 2.45) is 11.0 Å². The lowest BCUT2D eigenvalue weighted by Crippen LogP contribution is -2.18. The van der Waals surface area contributed by atoms with Crippen LogP contribution < -0.4 is 10.2 Å². The number of hydrazone groups is 1. The van der Waals surface area contributed by atoms with E-state index in [2.05, 4.69) is 33.5 Å². The molecular formula is C25H28N4O2S2. The van der Waals surface area contributed by atoms with Crippen LogP contribution >= 0.6 is 23.1 Å². The van der Waals surface area contributed by atoms with Crippen molar-refractivity contribution >= 4 is 34.7 Å². The minimum absolute atomic E-state index is 0.146. The van der Waals surface area contributed by atoms with Crippen molar-refractivity contribution in [3.8, 4) is 5.75 Å². The van der Waals surface area contributed by atoms with Crippen LogP contribution in [0.1, 0.15) is 57.9 Å². The summed E-state index contributed by atoms with van der Waals surface area (Å²) >= 11 is 3.15. The first-order valence-electron chi connectivity index (χ1n) is 11.1. The molecule has 0 fully saturated rings. The number of ether oxygens (including phenoxy) is 1.